The van der Waals surface area contributed by atoms with Gasteiger partial charge in [-0.05, 0) is 24.6 Å². The van der Waals surface area contributed by atoms with Gasteiger partial charge in [-0.25, -0.2) is 9.37 Å². The number of hydrogen-bond acceptors (Lipinski definition) is 3. The van der Waals surface area contributed by atoms with E-state index in [2.05, 4.69) is 4.98 Å². The fraction of sp³-hybridized carbons (Fsp3) is 0.200. The number of carbonyl (C=O) groups is 1. The van der Waals surface area contributed by atoms with Crippen LogP contribution in [0, 0.1) is 5.82 Å². The van der Waals surface area contributed by atoms with Gasteiger partial charge in [0.25, 0.3) is 0 Å². The number of rotatable bonds is 6. The van der Waals surface area contributed by atoms with Gasteiger partial charge in [-0.1, -0.05) is 42.5 Å². The highest BCUT2D eigenvalue weighted by atomic mass is 32.1. The summed E-state index contributed by atoms with van der Waals surface area (Å²) in [6, 6.07) is 16.3. The molecule has 0 bridgehead atoms. The minimum absolute atomic E-state index is 0.00308. The highest BCUT2D eigenvalue weighted by Crippen LogP contribution is 2.23. The van der Waals surface area contributed by atoms with Gasteiger partial charge in [-0.2, -0.15) is 0 Å². The number of amides is 1. The average molecular weight is 354 g/mol. The lowest BCUT2D eigenvalue weighted by molar-refractivity contribution is -0.130. The van der Waals surface area contributed by atoms with Gasteiger partial charge in [0.15, 0.2) is 0 Å². The van der Waals surface area contributed by atoms with Crippen molar-refractivity contribution in [3.8, 4) is 10.6 Å². The monoisotopic (exact) mass is 354 g/mol. The fourth-order valence-electron chi connectivity index (χ4n) is 2.60. The number of carbonyl (C=O) groups excluding carboxylic acids is 1. The number of nitrogens with zero attached hydrogens (tertiary/aromatic N) is 2. The summed E-state index contributed by atoms with van der Waals surface area (Å²) < 4.78 is 13.3. The second-order valence-corrected chi connectivity index (χ2v) is 6.58. The number of halogens is 1. The lowest BCUT2D eigenvalue weighted by Gasteiger charge is -2.20. The molecular weight excluding hydrogens is 335 g/mol. The Balaban J connectivity index is 1.67. The first kappa shape index (κ1) is 17.3. The highest BCUT2D eigenvalue weighted by molar-refractivity contribution is 7.13. The van der Waals surface area contributed by atoms with Crippen LogP contribution in [0.3, 0.4) is 0 Å². The Morgan fingerprint density at radius 1 is 1.16 bits per heavy atom. The van der Waals surface area contributed by atoms with Crippen molar-refractivity contribution in [3.05, 3.63) is 77.1 Å². The second-order valence-electron chi connectivity index (χ2n) is 5.72. The second kappa shape index (κ2) is 8.03. The SMILES string of the molecule is CCN(Cc1cccc(F)c1)C(=O)Cc1csc(-c2ccccc2)n1. The van der Waals surface area contributed by atoms with Gasteiger partial charge in [0.1, 0.15) is 10.8 Å². The predicted molar refractivity (Wildman–Crippen MR) is 98.7 cm³/mol. The summed E-state index contributed by atoms with van der Waals surface area (Å²) in [4.78, 5) is 18.9. The topological polar surface area (TPSA) is 33.2 Å². The molecule has 0 saturated carbocycles. The molecule has 0 aliphatic rings. The molecule has 25 heavy (non-hydrogen) atoms. The van der Waals surface area contributed by atoms with Crippen molar-refractivity contribution in [2.45, 2.75) is 19.9 Å². The van der Waals surface area contributed by atoms with E-state index in [9.17, 15) is 9.18 Å². The maximum absolute atomic E-state index is 13.3. The summed E-state index contributed by atoms with van der Waals surface area (Å²) >= 11 is 1.54. The third-order valence-electron chi connectivity index (χ3n) is 3.90. The van der Waals surface area contributed by atoms with Crippen LogP contribution in [0.15, 0.2) is 60.0 Å². The van der Waals surface area contributed by atoms with Crippen LogP contribution in [-0.2, 0) is 17.8 Å². The third-order valence-corrected chi connectivity index (χ3v) is 4.84. The molecule has 1 amide bonds. The van der Waals surface area contributed by atoms with Gasteiger partial charge < -0.3 is 4.90 Å². The van der Waals surface area contributed by atoms with Crippen molar-refractivity contribution < 1.29 is 9.18 Å². The molecule has 0 radical (unpaired) electrons. The van der Waals surface area contributed by atoms with Crippen molar-refractivity contribution in [2.24, 2.45) is 0 Å². The van der Waals surface area contributed by atoms with E-state index in [0.29, 0.717) is 13.1 Å². The highest BCUT2D eigenvalue weighted by Gasteiger charge is 2.15. The minimum Gasteiger partial charge on any atom is -0.338 e. The van der Waals surface area contributed by atoms with E-state index in [4.69, 9.17) is 0 Å². The van der Waals surface area contributed by atoms with Gasteiger partial charge in [0.05, 0.1) is 12.1 Å². The zero-order chi connectivity index (χ0) is 17.6. The minimum atomic E-state index is -0.284. The molecule has 128 valence electrons. The fourth-order valence-corrected chi connectivity index (χ4v) is 3.43. The van der Waals surface area contributed by atoms with Crippen molar-refractivity contribution in [1.29, 1.82) is 0 Å². The van der Waals surface area contributed by atoms with Crippen LogP contribution in [0.5, 0.6) is 0 Å². The summed E-state index contributed by atoms with van der Waals surface area (Å²) in [7, 11) is 0. The predicted octanol–water partition coefficient (Wildman–Crippen LogP) is 4.54. The number of thiazole rings is 1. The molecule has 1 heterocycles. The van der Waals surface area contributed by atoms with Gasteiger partial charge >= 0.3 is 0 Å². The van der Waals surface area contributed by atoms with E-state index < -0.39 is 0 Å². The molecule has 0 aliphatic heterocycles. The molecule has 3 aromatic rings. The molecule has 0 spiro atoms. The molecule has 0 aliphatic carbocycles. The van der Waals surface area contributed by atoms with Crippen LogP contribution >= 0.6 is 11.3 Å². The maximum Gasteiger partial charge on any atom is 0.228 e. The first-order valence-electron chi connectivity index (χ1n) is 8.17. The normalized spacial score (nSPS) is 10.6. The molecular formula is C20H19FN2OS. The average Bonchev–Trinajstić information content (AvgIpc) is 3.09. The van der Waals surface area contributed by atoms with Gasteiger partial charge in [0, 0.05) is 24.0 Å². The summed E-state index contributed by atoms with van der Waals surface area (Å²) in [5.74, 6) is -0.287. The van der Waals surface area contributed by atoms with Crippen LogP contribution < -0.4 is 0 Å². The number of likely N-dealkylation sites (N-methyl/N-ethyl adjacent to an activating group) is 1. The van der Waals surface area contributed by atoms with E-state index in [1.807, 2.05) is 48.7 Å². The van der Waals surface area contributed by atoms with Crippen LogP contribution in [0.25, 0.3) is 10.6 Å². The standard InChI is InChI=1S/C20H19FN2OS/c1-2-23(13-15-7-6-10-17(21)11-15)19(24)12-18-14-25-20(22-18)16-8-4-3-5-9-16/h3-11,14H,2,12-13H2,1H3. The Labute approximate surface area is 150 Å². The van der Waals surface area contributed by atoms with Crippen LogP contribution in [0.2, 0.25) is 0 Å². The first-order chi connectivity index (χ1) is 12.2. The maximum atomic E-state index is 13.3. The molecule has 0 N–H and O–H groups in total. The number of benzene rings is 2. The van der Waals surface area contributed by atoms with E-state index in [0.717, 1.165) is 21.8 Å². The van der Waals surface area contributed by atoms with E-state index >= 15 is 0 Å². The Bertz CT molecular complexity index is 848. The molecule has 3 rings (SSSR count). The molecule has 0 atom stereocenters. The third kappa shape index (κ3) is 4.51. The molecule has 2 aromatic carbocycles. The lowest BCUT2D eigenvalue weighted by Crippen LogP contribution is -2.31. The van der Waals surface area contributed by atoms with Gasteiger partial charge in [0.2, 0.25) is 5.91 Å². The van der Waals surface area contributed by atoms with E-state index in [-0.39, 0.29) is 18.1 Å². The quantitative estimate of drug-likeness (QED) is 0.651. The molecule has 3 nitrogen and oxygen atoms in total. The summed E-state index contributed by atoms with van der Waals surface area (Å²) in [5.41, 5.74) is 2.61. The Hall–Kier alpha value is -2.53. The Kier molecular flexibility index (Phi) is 5.56. The molecule has 0 unspecified atom stereocenters. The van der Waals surface area contributed by atoms with Crippen molar-refractivity contribution in [2.75, 3.05) is 6.54 Å². The molecule has 1 aromatic heterocycles. The molecule has 0 fully saturated rings. The van der Waals surface area contributed by atoms with E-state index in [1.54, 1.807) is 11.0 Å². The Morgan fingerprint density at radius 3 is 2.68 bits per heavy atom. The largest absolute Gasteiger partial charge is 0.338 e. The van der Waals surface area contributed by atoms with Crippen molar-refractivity contribution >= 4 is 17.2 Å². The van der Waals surface area contributed by atoms with Crippen molar-refractivity contribution in [3.63, 3.8) is 0 Å². The van der Waals surface area contributed by atoms with Crippen LogP contribution in [0.1, 0.15) is 18.2 Å². The van der Waals surface area contributed by atoms with Gasteiger partial charge in [-0.3, -0.25) is 4.79 Å². The number of hydrogen-bond donors (Lipinski definition) is 0. The van der Waals surface area contributed by atoms with Crippen molar-refractivity contribution in [1.82, 2.24) is 9.88 Å². The number of aromatic nitrogens is 1. The van der Waals surface area contributed by atoms with Crippen LogP contribution in [0.4, 0.5) is 4.39 Å². The smallest absolute Gasteiger partial charge is 0.228 e. The zero-order valence-electron chi connectivity index (χ0n) is 14.0. The summed E-state index contributed by atoms with van der Waals surface area (Å²) in [6.07, 6.45) is 0.256. The van der Waals surface area contributed by atoms with Crippen LogP contribution in [-0.4, -0.2) is 22.3 Å². The zero-order valence-corrected chi connectivity index (χ0v) is 14.8. The lowest BCUT2D eigenvalue weighted by atomic mass is 10.2. The summed E-state index contributed by atoms with van der Waals surface area (Å²) in [5, 5.41) is 2.84. The molecule has 5 heteroatoms. The Morgan fingerprint density at radius 2 is 1.96 bits per heavy atom. The first-order valence-corrected chi connectivity index (χ1v) is 9.05. The summed E-state index contributed by atoms with van der Waals surface area (Å²) in [6.45, 7) is 2.90. The van der Waals surface area contributed by atoms with E-state index in [1.165, 1.54) is 23.5 Å². The van der Waals surface area contributed by atoms with Gasteiger partial charge in [-0.15, -0.1) is 11.3 Å². The molecule has 0 saturated heterocycles.